The van der Waals surface area contributed by atoms with Crippen molar-refractivity contribution in [2.24, 2.45) is 0 Å². The molecule has 0 fully saturated rings. The first-order chi connectivity index (χ1) is 8.69. The number of carbonyl (C=O) groups is 1. The van der Waals surface area contributed by atoms with Crippen LogP contribution in [0.1, 0.15) is 38.9 Å². The van der Waals surface area contributed by atoms with Gasteiger partial charge in [0.1, 0.15) is 0 Å². The Morgan fingerprint density at radius 2 is 2.17 bits per heavy atom. The molecular weight excluding hydrogens is 250 g/mol. The number of nitrogens with zero attached hydrogens (tertiary/aromatic N) is 3. The van der Waals surface area contributed by atoms with Gasteiger partial charge in [-0.25, -0.2) is 4.68 Å². The SMILES string of the molecule is CCCCNC(=O)CSc1nnc(CCC)n1N. The van der Waals surface area contributed by atoms with Gasteiger partial charge in [0.15, 0.2) is 5.82 Å². The van der Waals surface area contributed by atoms with Crippen LogP contribution in [0.5, 0.6) is 0 Å². The summed E-state index contributed by atoms with van der Waals surface area (Å²) in [7, 11) is 0. The van der Waals surface area contributed by atoms with Gasteiger partial charge < -0.3 is 11.2 Å². The predicted molar refractivity (Wildman–Crippen MR) is 72.8 cm³/mol. The molecule has 0 spiro atoms. The molecule has 7 heteroatoms. The highest BCUT2D eigenvalue weighted by atomic mass is 32.2. The van der Waals surface area contributed by atoms with Crippen molar-refractivity contribution in [2.45, 2.75) is 44.7 Å². The van der Waals surface area contributed by atoms with E-state index in [0.717, 1.165) is 38.1 Å². The van der Waals surface area contributed by atoms with E-state index in [9.17, 15) is 4.79 Å². The predicted octanol–water partition coefficient (Wildman–Crippen LogP) is 0.953. The van der Waals surface area contributed by atoms with Gasteiger partial charge in [-0.05, 0) is 12.8 Å². The Hall–Kier alpha value is -1.24. The maximum atomic E-state index is 11.5. The van der Waals surface area contributed by atoms with E-state index in [1.54, 1.807) is 0 Å². The van der Waals surface area contributed by atoms with Gasteiger partial charge in [-0.3, -0.25) is 4.79 Å². The lowest BCUT2D eigenvalue weighted by atomic mass is 10.3. The van der Waals surface area contributed by atoms with E-state index in [0.29, 0.717) is 10.9 Å². The number of carbonyl (C=O) groups excluding carboxylic acids is 1. The third-order valence-corrected chi connectivity index (χ3v) is 3.34. The Morgan fingerprint density at radius 3 is 2.83 bits per heavy atom. The molecule has 0 saturated heterocycles. The number of amides is 1. The molecule has 1 aromatic rings. The molecule has 0 saturated carbocycles. The second-order valence-electron chi connectivity index (χ2n) is 4.01. The monoisotopic (exact) mass is 271 g/mol. The van der Waals surface area contributed by atoms with Gasteiger partial charge in [0, 0.05) is 13.0 Å². The molecule has 1 aromatic heterocycles. The maximum Gasteiger partial charge on any atom is 0.230 e. The summed E-state index contributed by atoms with van der Waals surface area (Å²) in [6, 6.07) is 0. The fourth-order valence-electron chi connectivity index (χ4n) is 1.39. The highest BCUT2D eigenvalue weighted by Crippen LogP contribution is 2.14. The van der Waals surface area contributed by atoms with E-state index in [1.807, 2.05) is 0 Å². The summed E-state index contributed by atoms with van der Waals surface area (Å²) < 4.78 is 1.47. The molecule has 1 rings (SSSR count). The van der Waals surface area contributed by atoms with Crippen LogP contribution in [0.15, 0.2) is 5.16 Å². The first kappa shape index (κ1) is 14.8. The Morgan fingerprint density at radius 1 is 1.39 bits per heavy atom. The molecule has 0 aliphatic carbocycles. The smallest absolute Gasteiger partial charge is 0.230 e. The molecule has 0 bridgehead atoms. The molecule has 0 unspecified atom stereocenters. The number of aryl methyl sites for hydroxylation is 1. The van der Waals surface area contributed by atoms with E-state index in [1.165, 1.54) is 16.4 Å². The molecule has 0 radical (unpaired) electrons. The first-order valence-electron chi connectivity index (χ1n) is 6.27. The standard InChI is InChI=1S/C11H21N5OS/c1-3-5-7-13-10(17)8-18-11-15-14-9(6-4-2)16(11)12/h3-8,12H2,1-2H3,(H,13,17). The number of hydrogen-bond acceptors (Lipinski definition) is 5. The summed E-state index contributed by atoms with van der Waals surface area (Å²) in [6.45, 7) is 4.88. The van der Waals surface area contributed by atoms with Crippen LogP contribution in [-0.2, 0) is 11.2 Å². The van der Waals surface area contributed by atoms with E-state index in [-0.39, 0.29) is 5.91 Å². The van der Waals surface area contributed by atoms with Crippen LogP contribution >= 0.6 is 11.8 Å². The zero-order valence-corrected chi connectivity index (χ0v) is 11.8. The second-order valence-corrected chi connectivity index (χ2v) is 4.95. The van der Waals surface area contributed by atoms with Crippen molar-refractivity contribution < 1.29 is 4.79 Å². The molecule has 18 heavy (non-hydrogen) atoms. The molecule has 1 amide bonds. The molecular formula is C11H21N5OS. The first-order valence-corrected chi connectivity index (χ1v) is 7.26. The van der Waals surface area contributed by atoms with Crippen molar-refractivity contribution >= 4 is 17.7 Å². The molecule has 6 nitrogen and oxygen atoms in total. The summed E-state index contributed by atoms with van der Waals surface area (Å²) in [5, 5.41) is 11.4. The van der Waals surface area contributed by atoms with E-state index in [4.69, 9.17) is 5.84 Å². The van der Waals surface area contributed by atoms with Gasteiger partial charge in [0.05, 0.1) is 5.75 Å². The zero-order valence-electron chi connectivity index (χ0n) is 11.0. The minimum atomic E-state index is 0.00786. The highest BCUT2D eigenvalue weighted by molar-refractivity contribution is 7.99. The van der Waals surface area contributed by atoms with E-state index in [2.05, 4.69) is 29.4 Å². The fraction of sp³-hybridized carbons (Fsp3) is 0.727. The third-order valence-electron chi connectivity index (χ3n) is 2.39. The van der Waals surface area contributed by atoms with Gasteiger partial charge in [-0.1, -0.05) is 32.0 Å². The molecule has 0 atom stereocenters. The normalized spacial score (nSPS) is 10.6. The van der Waals surface area contributed by atoms with Gasteiger partial charge in [0.2, 0.25) is 11.1 Å². The van der Waals surface area contributed by atoms with Crippen LogP contribution < -0.4 is 11.2 Å². The fourth-order valence-corrected chi connectivity index (χ4v) is 2.09. The van der Waals surface area contributed by atoms with Crippen LogP contribution in [-0.4, -0.2) is 33.1 Å². The summed E-state index contributed by atoms with van der Waals surface area (Å²) in [5.74, 6) is 6.92. The molecule has 0 aromatic carbocycles. The maximum absolute atomic E-state index is 11.5. The molecule has 0 aliphatic heterocycles. The summed E-state index contributed by atoms with van der Waals surface area (Å²) in [6.07, 6.45) is 3.85. The van der Waals surface area contributed by atoms with Crippen LogP contribution in [0.2, 0.25) is 0 Å². The number of nitrogens with two attached hydrogens (primary N) is 1. The second kappa shape index (κ2) is 7.97. The van der Waals surface area contributed by atoms with Crippen molar-refractivity contribution in [2.75, 3.05) is 18.1 Å². The topological polar surface area (TPSA) is 85.8 Å². The molecule has 3 N–H and O–H groups in total. The number of unbranched alkanes of at least 4 members (excludes halogenated alkanes) is 1. The minimum absolute atomic E-state index is 0.00786. The molecule has 0 aliphatic rings. The minimum Gasteiger partial charge on any atom is -0.355 e. The molecule has 1 heterocycles. The summed E-state index contributed by atoms with van der Waals surface area (Å²) >= 11 is 1.31. The highest BCUT2D eigenvalue weighted by Gasteiger charge is 2.11. The van der Waals surface area contributed by atoms with E-state index < -0.39 is 0 Å². The van der Waals surface area contributed by atoms with Crippen LogP contribution in [0, 0.1) is 0 Å². The zero-order chi connectivity index (χ0) is 13.4. The number of nitrogen functional groups attached to an aromatic ring is 1. The Labute approximate surface area is 112 Å². The quantitative estimate of drug-likeness (QED) is 0.418. The average Bonchev–Trinajstić information content (AvgIpc) is 2.69. The van der Waals surface area contributed by atoms with Crippen LogP contribution in [0.25, 0.3) is 0 Å². The van der Waals surface area contributed by atoms with Crippen molar-refractivity contribution in [1.29, 1.82) is 0 Å². The largest absolute Gasteiger partial charge is 0.355 e. The van der Waals surface area contributed by atoms with Crippen molar-refractivity contribution in [3.05, 3.63) is 5.82 Å². The van der Waals surface area contributed by atoms with Crippen molar-refractivity contribution in [3.63, 3.8) is 0 Å². The number of thioether (sulfide) groups is 1. The lowest BCUT2D eigenvalue weighted by molar-refractivity contribution is -0.118. The molecule has 102 valence electrons. The average molecular weight is 271 g/mol. The van der Waals surface area contributed by atoms with Crippen molar-refractivity contribution in [1.82, 2.24) is 20.2 Å². The Kier molecular flexibility index (Phi) is 6.56. The Bertz CT molecular complexity index is 380. The van der Waals surface area contributed by atoms with Gasteiger partial charge in [0.25, 0.3) is 0 Å². The van der Waals surface area contributed by atoms with Crippen LogP contribution in [0.3, 0.4) is 0 Å². The Balaban J connectivity index is 2.36. The number of rotatable bonds is 8. The number of aromatic nitrogens is 3. The van der Waals surface area contributed by atoms with Crippen LogP contribution in [0.4, 0.5) is 0 Å². The summed E-state index contributed by atoms with van der Waals surface area (Å²) in [5.41, 5.74) is 0. The van der Waals surface area contributed by atoms with Crippen molar-refractivity contribution in [3.8, 4) is 0 Å². The van der Waals surface area contributed by atoms with E-state index >= 15 is 0 Å². The lowest BCUT2D eigenvalue weighted by Crippen LogP contribution is -2.26. The van der Waals surface area contributed by atoms with Gasteiger partial charge in [-0.15, -0.1) is 10.2 Å². The summed E-state index contributed by atoms with van der Waals surface area (Å²) in [4.78, 5) is 11.5. The number of hydrogen-bond donors (Lipinski definition) is 2. The third kappa shape index (κ3) is 4.56. The van der Waals surface area contributed by atoms with Gasteiger partial charge in [-0.2, -0.15) is 0 Å². The van der Waals surface area contributed by atoms with Gasteiger partial charge >= 0.3 is 0 Å². The number of nitrogens with one attached hydrogen (secondary N) is 1. The lowest BCUT2D eigenvalue weighted by Gasteiger charge is -2.04.